The first kappa shape index (κ1) is 14.9. The third kappa shape index (κ3) is 4.24. The van der Waals surface area contributed by atoms with Crippen molar-refractivity contribution in [2.24, 2.45) is 0 Å². The van der Waals surface area contributed by atoms with Gasteiger partial charge in [0.25, 0.3) is 10.0 Å². The lowest BCUT2D eigenvalue weighted by atomic mass is 10.3. The maximum absolute atomic E-state index is 11.7. The molecule has 0 heterocycles. The minimum Gasteiger partial charge on any atom is -0.280 e. The summed E-state index contributed by atoms with van der Waals surface area (Å²) in [6, 6.07) is 6.65. The van der Waals surface area contributed by atoms with E-state index in [0.717, 1.165) is 16.9 Å². The quantitative estimate of drug-likeness (QED) is 0.827. The van der Waals surface area contributed by atoms with Gasteiger partial charge in [-0.3, -0.25) is 4.72 Å². The molecule has 1 rings (SSSR count). The summed E-state index contributed by atoms with van der Waals surface area (Å²) in [6.45, 7) is 3.13. The van der Waals surface area contributed by atoms with Gasteiger partial charge < -0.3 is 0 Å². The Bertz CT molecular complexity index is 739. The number of nitriles is 1. The summed E-state index contributed by atoms with van der Waals surface area (Å²) < 4.78 is 47.9. The Hall–Kier alpha value is -2.11. The van der Waals surface area contributed by atoms with E-state index >= 15 is 0 Å². The van der Waals surface area contributed by atoms with Crippen LogP contribution in [0.2, 0.25) is 0 Å². The molecule has 0 aliphatic heterocycles. The van der Waals surface area contributed by atoms with Crippen LogP contribution in [0.4, 0.5) is 5.69 Å². The third-order valence-corrected chi connectivity index (χ3v) is 4.37. The summed E-state index contributed by atoms with van der Waals surface area (Å²) in [4.78, 5) is -0.0412. The smallest absolute Gasteiger partial charge is 0.254 e. The summed E-state index contributed by atoms with van der Waals surface area (Å²) in [6.07, 6.45) is 0.851. The molecule has 0 spiro atoms. The molecule has 0 atom stereocenters. The lowest BCUT2D eigenvalue weighted by Gasteiger charge is -2.04. The van der Waals surface area contributed by atoms with Crippen molar-refractivity contribution in [1.29, 1.82) is 5.26 Å². The highest BCUT2D eigenvalue weighted by Crippen LogP contribution is 2.17. The Morgan fingerprint density at radius 1 is 1.16 bits per heavy atom. The molecule has 100 valence electrons. The van der Waals surface area contributed by atoms with Crippen LogP contribution in [-0.2, 0) is 19.9 Å². The summed E-state index contributed by atoms with van der Waals surface area (Å²) in [5.41, 5.74) is 0.211. The SMILES string of the molecule is C=CS(=O)(=O)Nc1ccc(S(=O)(=O)/C=C/C#N)cc1. The summed E-state index contributed by atoms with van der Waals surface area (Å²) in [5.74, 6) is 0. The predicted octanol–water partition coefficient (Wildman–Crippen LogP) is 1.38. The van der Waals surface area contributed by atoms with Gasteiger partial charge in [0.1, 0.15) is 0 Å². The number of anilines is 1. The molecule has 1 aromatic rings. The molecule has 0 radical (unpaired) electrons. The number of hydrogen-bond donors (Lipinski definition) is 1. The topological polar surface area (TPSA) is 104 Å². The number of benzene rings is 1. The first-order chi connectivity index (χ1) is 8.80. The van der Waals surface area contributed by atoms with Gasteiger partial charge in [0, 0.05) is 22.6 Å². The average molecular weight is 298 g/mol. The minimum atomic E-state index is -3.69. The lowest BCUT2D eigenvalue weighted by molar-refractivity contribution is 0.604. The highest BCUT2D eigenvalue weighted by molar-refractivity contribution is 7.95. The van der Waals surface area contributed by atoms with Gasteiger partial charge in [-0.15, -0.1) is 0 Å². The minimum absolute atomic E-state index is 0.0412. The van der Waals surface area contributed by atoms with E-state index in [4.69, 9.17) is 5.26 Å². The molecule has 0 aliphatic rings. The highest BCUT2D eigenvalue weighted by Gasteiger charge is 2.11. The fraction of sp³-hybridized carbons (Fsp3) is 0. The second kappa shape index (κ2) is 5.69. The van der Waals surface area contributed by atoms with Crippen LogP contribution in [0.1, 0.15) is 0 Å². The van der Waals surface area contributed by atoms with Crippen LogP contribution in [0.25, 0.3) is 0 Å². The molecule has 0 aliphatic carbocycles. The second-order valence-electron chi connectivity index (χ2n) is 3.31. The molecule has 0 unspecified atom stereocenters. The van der Waals surface area contributed by atoms with Crippen molar-refractivity contribution in [3.05, 3.63) is 47.7 Å². The van der Waals surface area contributed by atoms with E-state index in [2.05, 4.69) is 11.3 Å². The standard InChI is InChI=1S/C11H10N2O4S2/c1-2-19(16,17)13-10-4-6-11(7-5-10)18(14,15)9-3-8-12/h2-7,9,13H,1H2/b9-3+. The van der Waals surface area contributed by atoms with Gasteiger partial charge in [0.05, 0.1) is 11.0 Å². The number of sulfone groups is 1. The van der Waals surface area contributed by atoms with Crippen LogP contribution in [0.3, 0.4) is 0 Å². The Kier molecular flexibility index (Phi) is 4.47. The van der Waals surface area contributed by atoms with Gasteiger partial charge in [-0.25, -0.2) is 16.8 Å². The Morgan fingerprint density at radius 2 is 1.74 bits per heavy atom. The number of nitrogens with zero attached hydrogens (tertiary/aromatic N) is 1. The molecular weight excluding hydrogens is 288 g/mol. The van der Waals surface area contributed by atoms with Crippen molar-refractivity contribution in [2.45, 2.75) is 4.90 Å². The molecule has 0 amide bonds. The van der Waals surface area contributed by atoms with Crippen LogP contribution in [0.5, 0.6) is 0 Å². The van der Waals surface area contributed by atoms with Crippen molar-refractivity contribution >= 4 is 25.5 Å². The predicted molar refractivity (Wildman–Crippen MR) is 71.1 cm³/mol. The van der Waals surface area contributed by atoms with E-state index in [1.54, 1.807) is 6.07 Å². The van der Waals surface area contributed by atoms with Crippen LogP contribution < -0.4 is 4.72 Å². The number of hydrogen-bond acceptors (Lipinski definition) is 5. The fourth-order valence-electron chi connectivity index (χ4n) is 1.12. The molecule has 0 bridgehead atoms. The Morgan fingerprint density at radius 3 is 2.21 bits per heavy atom. The van der Waals surface area contributed by atoms with Gasteiger partial charge in [-0.1, -0.05) is 6.58 Å². The largest absolute Gasteiger partial charge is 0.280 e. The Balaban J connectivity index is 3.05. The van der Waals surface area contributed by atoms with Crippen molar-refractivity contribution in [3.8, 4) is 6.07 Å². The highest BCUT2D eigenvalue weighted by atomic mass is 32.2. The molecule has 1 N–H and O–H groups in total. The summed E-state index contributed by atoms with van der Waals surface area (Å²) in [5, 5.41) is 9.81. The Labute approximate surface area is 111 Å². The first-order valence-electron chi connectivity index (χ1n) is 4.87. The van der Waals surface area contributed by atoms with Crippen LogP contribution in [0, 0.1) is 11.3 Å². The number of allylic oxidation sites excluding steroid dienone is 1. The molecule has 6 nitrogen and oxygen atoms in total. The monoisotopic (exact) mass is 298 g/mol. The molecule has 0 saturated carbocycles. The number of sulfonamides is 1. The zero-order valence-corrected chi connectivity index (χ0v) is 11.3. The molecule has 0 saturated heterocycles. The molecule has 0 fully saturated rings. The van der Waals surface area contributed by atoms with Crippen LogP contribution in [-0.4, -0.2) is 16.8 Å². The molecule has 8 heteroatoms. The summed E-state index contributed by atoms with van der Waals surface area (Å²) >= 11 is 0. The van der Waals surface area contributed by atoms with Crippen molar-refractivity contribution in [1.82, 2.24) is 0 Å². The van der Waals surface area contributed by atoms with E-state index < -0.39 is 19.9 Å². The number of nitrogens with one attached hydrogen (secondary N) is 1. The second-order valence-corrected chi connectivity index (χ2v) is 6.78. The maximum atomic E-state index is 11.7. The third-order valence-electron chi connectivity index (χ3n) is 1.98. The molecular formula is C11H10N2O4S2. The van der Waals surface area contributed by atoms with Gasteiger partial charge in [-0.2, -0.15) is 5.26 Å². The maximum Gasteiger partial charge on any atom is 0.254 e. The van der Waals surface area contributed by atoms with Gasteiger partial charge in [0.15, 0.2) is 0 Å². The van der Waals surface area contributed by atoms with E-state index in [1.807, 2.05) is 0 Å². The van der Waals surface area contributed by atoms with Crippen molar-refractivity contribution < 1.29 is 16.8 Å². The molecule has 1 aromatic carbocycles. The molecule has 0 aromatic heterocycles. The van der Waals surface area contributed by atoms with Crippen LogP contribution >= 0.6 is 0 Å². The normalized spacial score (nSPS) is 11.9. The van der Waals surface area contributed by atoms with E-state index in [0.29, 0.717) is 0 Å². The number of rotatable bonds is 5. The first-order valence-corrected chi connectivity index (χ1v) is 7.96. The molecule has 19 heavy (non-hydrogen) atoms. The zero-order chi connectivity index (χ0) is 14.5. The van der Waals surface area contributed by atoms with Gasteiger partial charge in [0.2, 0.25) is 9.84 Å². The van der Waals surface area contributed by atoms with Crippen molar-refractivity contribution in [3.63, 3.8) is 0 Å². The average Bonchev–Trinajstić information content (AvgIpc) is 2.37. The van der Waals surface area contributed by atoms with Crippen molar-refractivity contribution in [2.75, 3.05) is 4.72 Å². The van der Waals surface area contributed by atoms with Gasteiger partial charge >= 0.3 is 0 Å². The van der Waals surface area contributed by atoms with Gasteiger partial charge in [-0.05, 0) is 24.3 Å². The lowest BCUT2D eigenvalue weighted by Crippen LogP contribution is -2.08. The van der Waals surface area contributed by atoms with Crippen LogP contribution in [0.15, 0.2) is 52.6 Å². The van der Waals surface area contributed by atoms with E-state index in [1.165, 1.54) is 24.3 Å². The van der Waals surface area contributed by atoms with E-state index in [9.17, 15) is 16.8 Å². The zero-order valence-electron chi connectivity index (χ0n) is 9.65. The van der Waals surface area contributed by atoms with E-state index in [-0.39, 0.29) is 10.6 Å². The fourth-order valence-corrected chi connectivity index (χ4v) is 2.58. The summed E-state index contributed by atoms with van der Waals surface area (Å²) in [7, 11) is -7.32.